The molecule has 0 spiro atoms. The number of thiophene rings is 1. The van der Waals surface area contributed by atoms with Gasteiger partial charge in [-0.25, -0.2) is 9.37 Å². The molecule has 1 aromatic carbocycles. The van der Waals surface area contributed by atoms with Gasteiger partial charge < -0.3 is 4.74 Å². The standard InChI is InChI=1S/C17H19Br2FN2OSSi/c1-25(2,3)8-7-23-10-22-16(19)15(18)21-17(22)12-9-24-14-11(12)5-4-6-13(14)20/h4-6,9H,7-8,10H2,1-3H3. The topological polar surface area (TPSA) is 27.1 Å². The van der Waals surface area contributed by atoms with Gasteiger partial charge in [-0.2, -0.15) is 0 Å². The van der Waals surface area contributed by atoms with Gasteiger partial charge in [-0.1, -0.05) is 31.8 Å². The van der Waals surface area contributed by atoms with E-state index in [0.717, 1.165) is 34.0 Å². The van der Waals surface area contributed by atoms with E-state index in [1.165, 1.54) is 17.4 Å². The van der Waals surface area contributed by atoms with Gasteiger partial charge in [0, 0.05) is 31.0 Å². The summed E-state index contributed by atoms with van der Waals surface area (Å²) >= 11 is 8.44. The zero-order chi connectivity index (χ0) is 18.2. The van der Waals surface area contributed by atoms with Gasteiger partial charge >= 0.3 is 0 Å². The van der Waals surface area contributed by atoms with Crippen molar-refractivity contribution in [3.05, 3.63) is 38.6 Å². The summed E-state index contributed by atoms with van der Waals surface area (Å²) in [6, 6.07) is 6.26. The van der Waals surface area contributed by atoms with E-state index in [2.05, 4.69) is 56.5 Å². The Morgan fingerprint density at radius 1 is 1.28 bits per heavy atom. The quantitative estimate of drug-likeness (QED) is 0.274. The summed E-state index contributed by atoms with van der Waals surface area (Å²) < 4.78 is 24.1. The predicted molar refractivity (Wildman–Crippen MR) is 113 cm³/mol. The molecule has 3 rings (SSSR count). The molecule has 0 unspecified atom stereocenters. The van der Waals surface area contributed by atoms with E-state index >= 15 is 0 Å². The number of hydrogen-bond donors (Lipinski definition) is 0. The molecule has 0 radical (unpaired) electrons. The highest BCUT2D eigenvalue weighted by molar-refractivity contribution is 9.13. The lowest BCUT2D eigenvalue weighted by Crippen LogP contribution is -2.22. The van der Waals surface area contributed by atoms with Crippen molar-refractivity contribution in [2.45, 2.75) is 32.4 Å². The largest absolute Gasteiger partial charge is 0.361 e. The first-order chi connectivity index (χ1) is 11.8. The molecule has 8 heteroatoms. The summed E-state index contributed by atoms with van der Waals surface area (Å²) in [5, 5.41) is 2.83. The molecular formula is C17H19Br2FN2OSSi. The molecule has 0 atom stereocenters. The lowest BCUT2D eigenvalue weighted by atomic mass is 10.1. The fourth-order valence-corrected chi connectivity index (χ4v) is 4.91. The van der Waals surface area contributed by atoms with Gasteiger partial charge in [-0.05, 0) is 44.0 Å². The van der Waals surface area contributed by atoms with Crippen molar-refractivity contribution in [2.24, 2.45) is 0 Å². The van der Waals surface area contributed by atoms with E-state index in [9.17, 15) is 4.39 Å². The molecule has 0 fully saturated rings. The molecule has 0 aliphatic carbocycles. The minimum Gasteiger partial charge on any atom is -0.361 e. The Labute approximate surface area is 168 Å². The lowest BCUT2D eigenvalue weighted by Gasteiger charge is -2.16. The number of imidazole rings is 1. The van der Waals surface area contributed by atoms with Crippen LogP contribution in [0.5, 0.6) is 0 Å². The van der Waals surface area contributed by atoms with E-state index in [-0.39, 0.29) is 5.82 Å². The van der Waals surface area contributed by atoms with Gasteiger partial charge in [-0.15, -0.1) is 11.3 Å². The molecule has 0 aliphatic rings. The Morgan fingerprint density at radius 2 is 2.04 bits per heavy atom. The van der Waals surface area contributed by atoms with Gasteiger partial charge in [0.1, 0.15) is 27.6 Å². The van der Waals surface area contributed by atoms with Gasteiger partial charge in [-0.3, -0.25) is 4.57 Å². The maximum absolute atomic E-state index is 14.0. The highest BCUT2D eigenvalue weighted by atomic mass is 79.9. The number of nitrogens with zero attached hydrogens (tertiary/aromatic N) is 2. The summed E-state index contributed by atoms with van der Waals surface area (Å²) in [6.07, 6.45) is 0. The molecule has 0 bridgehead atoms. The van der Waals surface area contributed by atoms with Crippen molar-refractivity contribution in [1.82, 2.24) is 9.55 Å². The van der Waals surface area contributed by atoms with Crippen LogP contribution in [0.15, 0.2) is 32.8 Å². The van der Waals surface area contributed by atoms with Gasteiger partial charge in [0.2, 0.25) is 0 Å². The van der Waals surface area contributed by atoms with E-state index < -0.39 is 8.07 Å². The number of hydrogen-bond acceptors (Lipinski definition) is 3. The fraction of sp³-hybridized carbons (Fsp3) is 0.353. The van der Waals surface area contributed by atoms with E-state index in [1.807, 2.05) is 16.0 Å². The second kappa shape index (κ2) is 7.60. The van der Waals surface area contributed by atoms with Crippen LogP contribution in [-0.4, -0.2) is 24.2 Å². The summed E-state index contributed by atoms with van der Waals surface area (Å²) in [5.41, 5.74) is 0.916. The monoisotopic (exact) mass is 504 g/mol. The average molecular weight is 506 g/mol. The van der Waals surface area contributed by atoms with Gasteiger partial charge in [0.15, 0.2) is 0 Å². The predicted octanol–water partition coefficient (Wildman–Crippen LogP) is 6.74. The van der Waals surface area contributed by atoms with Crippen LogP contribution in [0.4, 0.5) is 4.39 Å². The van der Waals surface area contributed by atoms with Crippen LogP contribution in [0, 0.1) is 5.82 Å². The van der Waals surface area contributed by atoms with E-state index in [1.54, 1.807) is 6.07 Å². The Hall–Kier alpha value is -0.543. The molecule has 3 nitrogen and oxygen atoms in total. The van der Waals surface area contributed by atoms with Crippen LogP contribution in [-0.2, 0) is 11.5 Å². The van der Waals surface area contributed by atoms with Crippen molar-refractivity contribution >= 4 is 61.4 Å². The highest BCUT2D eigenvalue weighted by Crippen LogP contribution is 2.37. The van der Waals surface area contributed by atoms with Crippen LogP contribution < -0.4 is 0 Å². The molecule has 0 saturated carbocycles. The van der Waals surface area contributed by atoms with Crippen molar-refractivity contribution in [2.75, 3.05) is 6.61 Å². The molecule has 134 valence electrons. The molecule has 0 saturated heterocycles. The number of halogens is 3. The third-order valence-corrected chi connectivity index (χ3v) is 8.47. The zero-order valence-electron chi connectivity index (χ0n) is 14.3. The van der Waals surface area contributed by atoms with Crippen LogP contribution >= 0.6 is 43.2 Å². The van der Waals surface area contributed by atoms with Gasteiger partial charge in [0.25, 0.3) is 0 Å². The Kier molecular flexibility index (Phi) is 5.84. The Bertz CT molecular complexity index is 904. The molecule has 0 amide bonds. The van der Waals surface area contributed by atoms with Crippen molar-refractivity contribution in [1.29, 1.82) is 0 Å². The summed E-state index contributed by atoms with van der Waals surface area (Å²) in [6.45, 7) is 8.13. The molecule has 2 heterocycles. The highest BCUT2D eigenvalue weighted by Gasteiger charge is 2.19. The Morgan fingerprint density at radius 3 is 2.76 bits per heavy atom. The molecule has 3 aromatic rings. The Balaban J connectivity index is 1.91. The number of rotatable bonds is 6. The van der Waals surface area contributed by atoms with Gasteiger partial charge in [0.05, 0.1) is 4.70 Å². The second-order valence-corrected chi connectivity index (χ2v) is 15.1. The smallest absolute Gasteiger partial charge is 0.145 e. The van der Waals surface area contributed by atoms with Crippen LogP contribution in [0.2, 0.25) is 25.7 Å². The molecule has 2 aromatic heterocycles. The molecule has 25 heavy (non-hydrogen) atoms. The maximum atomic E-state index is 14.0. The van der Waals surface area contributed by atoms with E-state index in [0.29, 0.717) is 16.0 Å². The van der Waals surface area contributed by atoms with E-state index in [4.69, 9.17) is 4.74 Å². The first-order valence-corrected chi connectivity index (χ1v) is 14.1. The van der Waals surface area contributed by atoms with Crippen LogP contribution in [0.1, 0.15) is 0 Å². The van der Waals surface area contributed by atoms with Crippen molar-refractivity contribution < 1.29 is 9.13 Å². The van der Waals surface area contributed by atoms with Crippen molar-refractivity contribution in [3.8, 4) is 11.4 Å². The van der Waals surface area contributed by atoms with Crippen molar-refractivity contribution in [3.63, 3.8) is 0 Å². The zero-order valence-corrected chi connectivity index (χ0v) is 19.3. The molecular weight excluding hydrogens is 487 g/mol. The lowest BCUT2D eigenvalue weighted by molar-refractivity contribution is 0.0869. The normalized spacial score (nSPS) is 12.2. The maximum Gasteiger partial charge on any atom is 0.145 e. The summed E-state index contributed by atoms with van der Waals surface area (Å²) in [7, 11) is -1.12. The molecule has 0 aliphatic heterocycles. The van der Waals surface area contributed by atoms with Crippen LogP contribution in [0.25, 0.3) is 21.5 Å². The molecule has 0 N–H and O–H groups in total. The number of fused-ring (bicyclic) bond motifs is 1. The minimum absolute atomic E-state index is 0.198. The number of benzene rings is 1. The first-order valence-electron chi connectivity index (χ1n) is 7.93. The number of aromatic nitrogens is 2. The summed E-state index contributed by atoms with van der Waals surface area (Å²) in [5.74, 6) is 0.569. The van der Waals surface area contributed by atoms with Crippen LogP contribution in [0.3, 0.4) is 0 Å². The average Bonchev–Trinajstić information content (AvgIpc) is 3.07. The third kappa shape index (κ3) is 4.24. The second-order valence-electron chi connectivity index (χ2n) is 7.06. The SMILES string of the molecule is C[Si](C)(C)CCOCn1c(-c2csc3c(F)cccc23)nc(Br)c1Br. The fourth-order valence-electron chi connectivity index (χ4n) is 2.46. The third-order valence-electron chi connectivity index (χ3n) is 3.88. The number of ether oxygens (including phenoxy) is 1. The minimum atomic E-state index is -1.12. The summed E-state index contributed by atoms with van der Waals surface area (Å²) in [4.78, 5) is 4.61. The first kappa shape index (κ1) is 19.2.